The van der Waals surface area contributed by atoms with Gasteiger partial charge in [-0.25, -0.2) is 4.98 Å². The zero-order chi connectivity index (χ0) is 18.2. The van der Waals surface area contributed by atoms with Gasteiger partial charge in [0.05, 0.1) is 23.6 Å². The first-order valence-corrected chi connectivity index (χ1v) is 9.47. The summed E-state index contributed by atoms with van der Waals surface area (Å²) in [6, 6.07) is 18.9. The minimum Gasteiger partial charge on any atom is -0.359 e. The number of benzene rings is 2. The van der Waals surface area contributed by atoms with Crippen LogP contribution in [0.2, 0.25) is 0 Å². The Bertz CT molecular complexity index is 1070. The molecule has 0 saturated carbocycles. The van der Waals surface area contributed by atoms with E-state index in [4.69, 9.17) is 9.51 Å². The number of aryl methyl sites for hydroxylation is 1. The monoisotopic (exact) mass is 358 g/mol. The van der Waals surface area contributed by atoms with Crippen LogP contribution in [0.5, 0.6) is 0 Å². The number of fused-ring (bicyclic) bond motifs is 1. The van der Waals surface area contributed by atoms with E-state index in [1.54, 1.807) is 0 Å². The van der Waals surface area contributed by atoms with Crippen LogP contribution >= 0.6 is 0 Å². The molecule has 1 aliphatic heterocycles. The lowest BCUT2D eigenvalue weighted by Crippen LogP contribution is -2.23. The maximum absolute atomic E-state index is 5.62. The molecule has 1 aliphatic rings. The molecular weight excluding hydrogens is 336 g/mol. The number of nitrogens with one attached hydrogen (secondary N) is 1. The maximum Gasteiger partial charge on any atom is 0.151 e. The molecule has 2 aromatic heterocycles. The molecule has 0 bridgehead atoms. The molecule has 0 aliphatic carbocycles. The van der Waals surface area contributed by atoms with Gasteiger partial charge in [0.2, 0.25) is 0 Å². The minimum atomic E-state index is 0.294. The van der Waals surface area contributed by atoms with Gasteiger partial charge in [-0.1, -0.05) is 41.6 Å². The van der Waals surface area contributed by atoms with Crippen molar-refractivity contribution in [2.75, 3.05) is 6.54 Å². The highest BCUT2D eigenvalue weighted by atomic mass is 16.5. The molecule has 5 rings (SSSR count). The van der Waals surface area contributed by atoms with Crippen LogP contribution in [0, 0.1) is 6.92 Å². The Balaban J connectivity index is 1.37. The van der Waals surface area contributed by atoms with Crippen molar-refractivity contribution in [3.8, 4) is 11.3 Å². The van der Waals surface area contributed by atoms with Crippen LogP contribution in [0.15, 0.2) is 59.1 Å². The van der Waals surface area contributed by atoms with Crippen molar-refractivity contribution in [3.63, 3.8) is 0 Å². The lowest BCUT2D eigenvalue weighted by Gasteiger charge is -2.21. The second kappa shape index (κ2) is 6.67. The summed E-state index contributed by atoms with van der Waals surface area (Å²) in [5, 5.41) is 4.25. The number of aromatic amines is 1. The summed E-state index contributed by atoms with van der Waals surface area (Å²) in [6.45, 7) is 3.90. The molecule has 1 fully saturated rings. The van der Waals surface area contributed by atoms with Gasteiger partial charge < -0.3 is 9.51 Å². The highest BCUT2D eigenvalue weighted by Crippen LogP contribution is 2.33. The van der Waals surface area contributed by atoms with Crippen LogP contribution in [0.25, 0.3) is 22.3 Å². The van der Waals surface area contributed by atoms with Crippen molar-refractivity contribution in [2.24, 2.45) is 0 Å². The van der Waals surface area contributed by atoms with Crippen LogP contribution in [0.3, 0.4) is 0 Å². The predicted octanol–water partition coefficient (Wildman–Crippen LogP) is 4.86. The van der Waals surface area contributed by atoms with Gasteiger partial charge in [-0.2, -0.15) is 0 Å². The molecule has 3 heterocycles. The number of nitrogens with zero attached hydrogens (tertiary/aromatic N) is 3. The highest BCUT2D eigenvalue weighted by molar-refractivity contribution is 5.75. The van der Waals surface area contributed by atoms with E-state index >= 15 is 0 Å². The summed E-state index contributed by atoms with van der Waals surface area (Å²) in [5.41, 5.74) is 5.37. The van der Waals surface area contributed by atoms with E-state index in [-0.39, 0.29) is 0 Å². The first-order chi connectivity index (χ1) is 13.3. The number of hydrogen-bond acceptors (Lipinski definition) is 4. The van der Waals surface area contributed by atoms with Crippen LogP contribution < -0.4 is 0 Å². The average molecular weight is 358 g/mol. The Morgan fingerprint density at radius 2 is 2.04 bits per heavy atom. The summed E-state index contributed by atoms with van der Waals surface area (Å²) >= 11 is 0. The fraction of sp³-hybridized carbons (Fsp3) is 0.273. The maximum atomic E-state index is 5.62. The number of rotatable bonds is 4. The van der Waals surface area contributed by atoms with Gasteiger partial charge in [-0.3, -0.25) is 4.90 Å². The molecule has 5 nitrogen and oxygen atoms in total. The van der Waals surface area contributed by atoms with Crippen molar-refractivity contribution >= 4 is 11.0 Å². The minimum absolute atomic E-state index is 0.294. The quantitative estimate of drug-likeness (QED) is 0.566. The topological polar surface area (TPSA) is 58.0 Å². The third kappa shape index (κ3) is 3.15. The highest BCUT2D eigenvalue weighted by Gasteiger charge is 2.29. The van der Waals surface area contributed by atoms with Gasteiger partial charge in [0.15, 0.2) is 5.76 Å². The van der Waals surface area contributed by atoms with Gasteiger partial charge in [-0.05, 0) is 44.0 Å². The standard InChI is InChI=1S/C22H22N4O/c1-15-9-10-18-20(12-15)24-22(23-18)21-8-5-11-26(21)14-17-13-19(25-27-17)16-6-3-2-4-7-16/h2-4,6-7,9-10,12-13,21H,5,8,11,14H2,1H3,(H,23,24)/t21-/m1/s1. The molecule has 0 unspecified atom stereocenters. The number of hydrogen-bond donors (Lipinski definition) is 1. The Morgan fingerprint density at radius 1 is 1.15 bits per heavy atom. The molecule has 2 aromatic carbocycles. The Kier molecular flexibility index (Phi) is 4.02. The number of imidazole rings is 1. The third-order valence-corrected chi connectivity index (χ3v) is 5.32. The number of aromatic nitrogens is 3. The van der Waals surface area contributed by atoms with Crippen LogP contribution in [-0.2, 0) is 6.54 Å². The van der Waals surface area contributed by atoms with Gasteiger partial charge >= 0.3 is 0 Å². The van der Waals surface area contributed by atoms with E-state index in [9.17, 15) is 0 Å². The van der Waals surface area contributed by atoms with Crippen molar-refractivity contribution in [1.29, 1.82) is 0 Å². The molecule has 1 N–H and O–H groups in total. The second-order valence-electron chi connectivity index (χ2n) is 7.32. The van der Waals surface area contributed by atoms with E-state index in [0.29, 0.717) is 6.04 Å². The third-order valence-electron chi connectivity index (χ3n) is 5.32. The molecule has 0 radical (unpaired) electrons. The molecule has 1 atom stereocenters. The second-order valence-corrected chi connectivity index (χ2v) is 7.32. The fourth-order valence-corrected chi connectivity index (χ4v) is 3.96. The molecule has 5 heteroatoms. The van der Waals surface area contributed by atoms with Crippen molar-refractivity contribution in [3.05, 3.63) is 71.7 Å². The molecular formula is C22H22N4O. The number of H-pyrrole nitrogens is 1. The van der Waals surface area contributed by atoms with Gasteiger partial charge in [0.25, 0.3) is 0 Å². The first-order valence-electron chi connectivity index (χ1n) is 9.47. The SMILES string of the molecule is Cc1ccc2nc([C@H]3CCCN3Cc3cc(-c4ccccc4)no3)[nH]c2c1. The Morgan fingerprint density at radius 3 is 2.93 bits per heavy atom. The van der Waals surface area contributed by atoms with Crippen molar-refractivity contribution in [2.45, 2.75) is 32.4 Å². The molecule has 1 saturated heterocycles. The van der Waals surface area contributed by atoms with Crippen LogP contribution in [0.4, 0.5) is 0 Å². The Hall–Kier alpha value is -2.92. The largest absolute Gasteiger partial charge is 0.359 e. The predicted molar refractivity (Wildman–Crippen MR) is 105 cm³/mol. The fourth-order valence-electron chi connectivity index (χ4n) is 3.96. The van der Waals surface area contributed by atoms with Gasteiger partial charge in [0.1, 0.15) is 11.5 Å². The lowest BCUT2D eigenvalue weighted by atomic mass is 10.1. The van der Waals surface area contributed by atoms with Gasteiger partial charge in [-0.15, -0.1) is 0 Å². The van der Waals surface area contributed by atoms with E-state index < -0.39 is 0 Å². The average Bonchev–Trinajstić information content (AvgIpc) is 3.41. The molecule has 27 heavy (non-hydrogen) atoms. The zero-order valence-corrected chi connectivity index (χ0v) is 15.4. The van der Waals surface area contributed by atoms with Gasteiger partial charge in [0, 0.05) is 11.6 Å². The van der Waals surface area contributed by atoms with E-state index in [0.717, 1.165) is 53.4 Å². The Labute approximate surface area is 158 Å². The normalized spacial score (nSPS) is 17.7. The van der Waals surface area contributed by atoms with Crippen molar-refractivity contribution in [1.82, 2.24) is 20.0 Å². The van der Waals surface area contributed by atoms with Crippen LogP contribution in [0.1, 0.15) is 36.0 Å². The van der Waals surface area contributed by atoms with Crippen LogP contribution in [-0.4, -0.2) is 26.6 Å². The van der Waals surface area contributed by atoms with E-state index in [2.05, 4.69) is 52.3 Å². The summed E-state index contributed by atoms with van der Waals surface area (Å²) in [6.07, 6.45) is 2.28. The van der Waals surface area contributed by atoms with E-state index in [1.807, 2.05) is 24.3 Å². The summed E-state index contributed by atoms with van der Waals surface area (Å²) < 4.78 is 5.62. The summed E-state index contributed by atoms with van der Waals surface area (Å²) in [5.74, 6) is 1.95. The van der Waals surface area contributed by atoms with Crippen molar-refractivity contribution < 1.29 is 4.52 Å². The smallest absolute Gasteiger partial charge is 0.151 e. The molecule has 0 amide bonds. The number of likely N-dealkylation sites (tertiary alicyclic amines) is 1. The zero-order valence-electron chi connectivity index (χ0n) is 15.4. The van der Waals surface area contributed by atoms with E-state index in [1.165, 1.54) is 12.0 Å². The lowest BCUT2D eigenvalue weighted by molar-refractivity contribution is 0.211. The molecule has 136 valence electrons. The molecule has 0 spiro atoms. The molecule has 4 aromatic rings. The summed E-state index contributed by atoms with van der Waals surface area (Å²) in [7, 11) is 0. The summed E-state index contributed by atoms with van der Waals surface area (Å²) in [4.78, 5) is 10.8. The first kappa shape index (κ1) is 16.3.